The highest BCUT2D eigenvalue weighted by Gasteiger charge is 2.03. The maximum atomic E-state index is 3.85. The van der Waals surface area contributed by atoms with Gasteiger partial charge in [-0.25, -0.2) is 4.98 Å². The van der Waals surface area contributed by atoms with E-state index in [0.717, 1.165) is 72.0 Å². The summed E-state index contributed by atoms with van der Waals surface area (Å²) in [6.45, 7) is 122. The molecule has 9 aliphatic rings. The molecule has 0 radical (unpaired) electrons. The van der Waals surface area contributed by atoms with Crippen molar-refractivity contribution in [1.29, 1.82) is 0 Å². The van der Waals surface area contributed by atoms with Gasteiger partial charge in [0.05, 0.1) is 19.2 Å². The molecule has 5 fully saturated rings. The van der Waals surface area contributed by atoms with Crippen molar-refractivity contribution in [3.63, 3.8) is 0 Å². The Morgan fingerprint density at radius 1 is 0.228 bits per heavy atom. The molecule has 11 heterocycles. The largest absolute Gasteiger partial charge is 0.391 e. The summed E-state index contributed by atoms with van der Waals surface area (Å²) < 4.78 is 0. The van der Waals surface area contributed by atoms with Crippen LogP contribution < -0.4 is 42.5 Å². The molecule has 3 aromatic rings. The lowest BCUT2D eigenvalue weighted by Gasteiger charge is -2.11. The van der Waals surface area contributed by atoms with E-state index in [1.165, 1.54) is 115 Å². The zero-order valence-corrected chi connectivity index (χ0v) is 94.3. The molecule has 740 valence electrons. The van der Waals surface area contributed by atoms with E-state index in [4.69, 9.17) is 0 Å². The molecule has 10 N–H and O–H groups in total. The van der Waals surface area contributed by atoms with Gasteiger partial charge in [-0.15, -0.1) is 0 Å². The lowest BCUT2D eigenvalue weighted by Crippen LogP contribution is -2.39. The third kappa shape index (κ3) is 454. The number of aliphatic imine (C=N–C) groups is 1. The fraction of sp³-hybridized carbons (Fsp3) is 0.824. The Morgan fingerprint density at radius 2 is 0.496 bits per heavy atom. The van der Waals surface area contributed by atoms with E-state index in [1.54, 1.807) is 37.5 Å². The Bertz CT molecular complexity index is 1840. The van der Waals surface area contributed by atoms with Gasteiger partial charge in [-0.1, -0.05) is 429 Å². The van der Waals surface area contributed by atoms with Gasteiger partial charge in [0.25, 0.3) is 0 Å². The smallest absolute Gasteiger partial charge is 0.0919 e. The molecule has 0 atom stereocenters. The van der Waals surface area contributed by atoms with Crippen LogP contribution in [0.15, 0.2) is 115 Å². The van der Waals surface area contributed by atoms with E-state index < -0.39 is 0 Å². The van der Waals surface area contributed by atoms with Gasteiger partial charge in [-0.05, 0) is 160 Å². The Hall–Kier alpha value is -3.41. The number of hydrogen-bond donors (Lipinski definition) is 10. The zero-order chi connectivity index (χ0) is 98.5. The number of nitrogens with one attached hydrogen (secondary N) is 10. The molecule has 0 spiro atoms. The van der Waals surface area contributed by atoms with Crippen LogP contribution in [0.1, 0.15) is 409 Å². The van der Waals surface area contributed by atoms with Gasteiger partial charge in [-0.2, -0.15) is 0 Å². The molecular formula is C108H231N13S2. The molecular weight excluding hydrogens is 1540 g/mol. The second-order valence-electron chi connectivity index (χ2n) is 50.6. The zero-order valence-electron chi connectivity index (χ0n) is 92.6. The number of H-pyrrole nitrogens is 2. The molecule has 15 heteroatoms. The normalized spacial score (nSPS) is 15.4. The quantitative estimate of drug-likeness (QED) is 0.0766. The molecule has 3 aromatic heterocycles. The van der Waals surface area contributed by atoms with Gasteiger partial charge in [0, 0.05) is 114 Å². The maximum Gasteiger partial charge on any atom is 0.0919 e. The molecule has 1 saturated carbocycles. The van der Waals surface area contributed by atoms with E-state index >= 15 is 0 Å². The highest BCUT2D eigenvalue weighted by Crippen LogP contribution is 2.29. The standard InChI is InChI=1S/C6H12.C5H5N.12C5H12.C4H10N2.2C4H9N.3C4H7N.C4H5N.C3H6N2.C3H4N2.C3H6S2/c2*1-2-4-6-5-3-1;12*1-5(2,3)4;1-2-6-4-3-5-1;6*1-2-4-5-3-1;2*1-2-5-3-4-1;1-2-4-5-3-1/h1-6H2;1-5H;12*1-4H3;5-6H,1-4H2;2*5H,1-4H2;1,3,5H,2,4H2;2*1-2,5H,3-4H2;1-5H;3H,1-2H2,(H,4,5);1-3H,(H,4,5);1-3H2. The van der Waals surface area contributed by atoms with Crippen LogP contribution in [0.2, 0.25) is 0 Å². The van der Waals surface area contributed by atoms with Crippen molar-refractivity contribution < 1.29 is 0 Å². The number of nitrogens with zero attached hydrogens (tertiary/aromatic N) is 3. The highest BCUT2D eigenvalue weighted by atomic mass is 33.1. The Kier molecular flexibility index (Phi) is 112. The summed E-state index contributed by atoms with van der Waals surface area (Å²) in [6, 6.07) is 9.60. The molecule has 0 bridgehead atoms. The van der Waals surface area contributed by atoms with Gasteiger partial charge < -0.3 is 52.5 Å². The minimum Gasteiger partial charge on any atom is -0.391 e. The first-order chi connectivity index (χ1) is 55.5. The summed E-state index contributed by atoms with van der Waals surface area (Å²) in [5, 5.41) is 25.1. The fourth-order valence-corrected chi connectivity index (χ4v) is 7.94. The molecule has 12 rings (SSSR count). The first-order valence-corrected chi connectivity index (χ1v) is 50.2. The van der Waals surface area contributed by atoms with Crippen LogP contribution in [0.25, 0.3) is 0 Å². The van der Waals surface area contributed by atoms with Gasteiger partial charge in [0.15, 0.2) is 0 Å². The van der Waals surface area contributed by atoms with Crippen molar-refractivity contribution in [2.75, 3.05) is 110 Å². The number of rotatable bonds is 0. The van der Waals surface area contributed by atoms with Crippen LogP contribution in [-0.4, -0.2) is 136 Å². The van der Waals surface area contributed by atoms with E-state index in [1.807, 2.05) is 70.5 Å². The van der Waals surface area contributed by atoms with Crippen molar-refractivity contribution in [2.24, 2.45) is 70.0 Å². The summed E-state index contributed by atoms with van der Waals surface area (Å²) in [5.74, 6) is 2.76. The van der Waals surface area contributed by atoms with Crippen molar-refractivity contribution >= 4 is 27.9 Å². The van der Waals surface area contributed by atoms with Gasteiger partial charge >= 0.3 is 0 Å². The monoisotopic (exact) mass is 1770 g/mol. The Labute approximate surface area is 784 Å². The maximum absolute atomic E-state index is 3.85. The second-order valence-corrected chi connectivity index (χ2v) is 53.3. The minimum absolute atomic E-state index is 0.500. The molecule has 8 aliphatic heterocycles. The third-order valence-corrected chi connectivity index (χ3v) is 11.6. The first-order valence-electron chi connectivity index (χ1n) is 47.7. The summed E-state index contributed by atoms with van der Waals surface area (Å²) in [5.41, 5.74) is 6.00. The SMILES string of the molecule is C1=CCNC1.C1=CCNC1.C1=CNCC1.C1=NCCN1.C1CCCCC1.C1CCNC1.C1CCNC1.C1CNCCN1.C1CSSC1.CC(C)(C)C.CC(C)(C)C.CC(C)(C)C.CC(C)(C)C.CC(C)(C)C.CC(C)(C)C.CC(C)(C)C.CC(C)(C)C.CC(C)(C)C.CC(C)(C)C.CC(C)(C)C.CC(C)(C)C.c1c[nH]cn1.c1cc[nH]c1.c1ccncc1. The lowest BCUT2D eigenvalue weighted by molar-refractivity contribution is 0.469. The number of piperazine rings is 1. The average Bonchev–Trinajstić information content (AvgIpc) is 2.16. The number of hydrogen-bond acceptors (Lipinski definition) is 13. The number of aromatic amines is 2. The van der Waals surface area contributed by atoms with E-state index in [2.05, 4.69) is 430 Å². The van der Waals surface area contributed by atoms with Crippen LogP contribution in [0.3, 0.4) is 0 Å². The van der Waals surface area contributed by atoms with Crippen molar-refractivity contribution in [1.82, 2.24) is 62.5 Å². The number of imidazole rings is 1. The lowest BCUT2D eigenvalue weighted by atomic mass is 10.0. The van der Waals surface area contributed by atoms with E-state index in [-0.39, 0.29) is 0 Å². The van der Waals surface area contributed by atoms with Crippen LogP contribution in [-0.2, 0) is 0 Å². The Morgan fingerprint density at radius 3 is 0.577 bits per heavy atom. The third-order valence-electron chi connectivity index (χ3n) is 9.02. The topological polar surface area (TPSA) is 166 Å². The average molecular weight is 1780 g/mol. The molecule has 123 heavy (non-hydrogen) atoms. The van der Waals surface area contributed by atoms with Gasteiger partial charge in [-0.3, -0.25) is 9.98 Å². The molecule has 0 aromatic carbocycles. The van der Waals surface area contributed by atoms with Crippen molar-refractivity contribution in [3.05, 3.63) is 110 Å². The molecule has 0 amide bonds. The molecule has 1 aliphatic carbocycles. The fourth-order valence-electron chi connectivity index (χ4n) is 5.59. The van der Waals surface area contributed by atoms with Crippen LogP contribution >= 0.6 is 21.6 Å². The summed E-state index contributed by atoms with van der Waals surface area (Å²) in [7, 11) is 3.98. The first kappa shape index (κ1) is 145. The van der Waals surface area contributed by atoms with E-state index in [9.17, 15) is 0 Å². The van der Waals surface area contributed by atoms with Crippen LogP contribution in [0.5, 0.6) is 0 Å². The van der Waals surface area contributed by atoms with Gasteiger partial charge in [0.1, 0.15) is 0 Å². The predicted octanol–water partition coefficient (Wildman–Crippen LogP) is 31.6. The number of aromatic nitrogens is 4. The Balaban J connectivity index is -0.000000105. The molecule has 4 saturated heterocycles. The number of pyridine rings is 1. The molecule has 0 unspecified atom stereocenters. The van der Waals surface area contributed by atoms with Crippen molar-refractivity contribution in [3.8, 4) is 0 Å². The predicted molar refractivity (Wildman–Crippen MR) is 579 cm³/mol. The van der Waals surface area contributed by atoms with Gasteiger partial charge in [0.2, 0.25) is 0 Å². The summed E-state index contributed by atoms with van der Waals surface area (Å²) in [4.78, 5) is 16.9. The second kappa shape index (κ2) is 94.7. The molecule has 13 nitrogen and oxygen atoms in total. The highest BCUT2D eigenvalue weighted by molar-refractivity contribution is 8.77. The van der Waals surface area contributed by atoms with E-state index in [0.29, 0.717) is 65.0 Å². The van der Waals surface area contributed by atoms with Crippen LogP contribution in [0.4, 0.5) is 0 Å². The minimum atomic E-state index is 0.500. The summed E-state index contributed by atoms with van der Waals surface area (Å²) in [6.07, 6.45) is 43.9. The van der Waals surface area contributed by atoms with Crippen molar-refractivity contribution in [2.45, 2.75) is 409 Å². The van der Waals surface area contributed by atoms with Crippen LogP contribution in [0, 0.1) is 65.0 Å². The summed E-state index contributed by atoms with van der Waals surface area (Å²) >= 11 is 0.